The number of hydrogen-bond donors (Lipinski definition) is 2. The van der Waals surface area contributed by atoms with E-state index in [1.807, 2.05) is 12.1 Å². The lowest BCUT2D eigenvalue weighted by Crippen LogP contribution is -2.34. The van der Waals surface area contributed by atoms with Crippen LogP contribution >= 0.6 is 0 Å². The zero-order valence-electron chi connectivity index (χ0n) is 12.7. The summed E-state index contributed by atoms with van der Waals surface area (Å²) < 4.78 is 5.64. The van der Waals surface area contributed by atoms with Crippen LogP contribution < -0.4 is 11.1 Å². The Labute approximate surface area is 126 Å². The molecule has 1 heterocycles. The molecule has 0 spiro atoms. The maximum atomic E-state index is 12.0. The number of nitrogens with one attached hydrogen (secondary N) is 1. The van der Waals surface area contributed by atoms with Crippen LogP contribution in [0.15, 0.2) is 24.3 Å². The van der Waals surface area contributed by atoms with Gasteiger partial charge in [-0.15, -0.1) is 0 Å². The molecule has 5 heteroatoms. The van der Waals surface area contributed by atoms with Crippen molar-refractivity contribution in [2.75, 3.05) is 37.3 Å². The molecule has 0 aromatic heterocycles. The van der Waals surface area contributed by atoms with Gasteiger partial charge >= 0.3 is 0 Å². The summed E-state index contributed by atoms with van der Waals surface area (Å²) in [6, 6.07) is 7.25. The smallest absolute Gasteiger partial charge is 0.225 e. The molecule has 3 N–H and O–H groups in total. The minimum Gasteiger partial charge on any atom is -0.399 e. The number of likely N-dealkylation sites (N-methyl/N-ethyl adjacent to an activating group) is 1. The molecule has 1 amide bonds. The number of anilines is 2. The van der Waals surface area contributed by atoms with E-state index in [-0.39, 0.29) is 5.91 Å². The van der Waals surface area contributed by atoms with Crippen molar-refractivity contribution in [1.82, 2.24) is 4.90 Å². The Hall–Kier alpha value is -1.59. The Morgan fingerprint density at radius 3 is 3.05 bits per heavy atom. The van der Waals surface area contributed by atoms with E-state index in [0.717, 1.165) is 44.8 Å². The molecule has 0 radical (unpaired) electrons. The Morgan fingerprint density at radius 1 is 1.52 bits per heavy atom. The molecule has 1 atom stereocenters. The van der Waals surface area contributed by atoms with E-state index < -0.39 is 0 Å². The number of carbonyl (C=O) groups excluding carboxylic acids is 1. The Morgan fingerprint density at radius 2 is 2.38 bits per heavy atom. The number of nitrogens with two attached hydrogens (primary N) is 1. The molecule has 21 heavy (non-hydrogen) atoms. The summed E-state index contributed by atoms with van der Waals surface area (Å²) in [5, 5.41) is 2.88. The van der Waals surface area contributed by atoms with Crippen LogP contribution in [0.5, 0.6) is 0 Å². The number of ether oxygens (including phenoxy) is 1. The van der Waals surface area contributed by atoms with Gasteiger partial charge in [-0.2, -0.15) is 0 Å². The van der Waals surface area contributed by atoms with Crippen LogP contribution in [0.3, 0.4) is 0 Å². The maximum absolute atomic E-state index is 12.0. The van der Waals surface area contributed by atoms with E-state index in [2.05, 4.69) is 17.1 Å². The largest absolute Gasteiger partial charge is 0.399 e. The zero-order chi connectivity index (χ0) is 15.1. The molecule has 116 valence electrons. The van der Waals surface area contributed by atoms with Gasteiger partial charge in [0.15, 0.2) is 0 Å². The second kappa shape index (κ2) is 8.00. The first-order chi connectivity index (χ1) is 10.2. The fourth-order valence-corrected chi connectivity index (χ4v) is 2.55. The molecule has 1 saturated heterocycles. The standard InChI is InChI=1S/C16H25N3O2/c1-2-19(12-15-7-4-10-21-15)9-8-16(20)18-14-6-3-5-13(17)11-14/h3,5-6,11,15H,2,4,7-10,12,17H2,1H3,(H,18,20). The molecule has 5 nitrogen and oxygen atoms in total. The van der Waals surface area contributed by atoms with Crippen LogP contribution in [0.4, 0.5) is 11.4 Å². The second-order valence-electron chi connectivity index (χ2n) is 5.45. The van der Waals surface area contributed by atoms with E-state index >= 15 is 0 Å². The third-order valence-electron chi connectivity index (χ3n) is 3.76. The van der Waals surface area contributed by atoms with Gasteiger partial charge < -0.3 is 20.7 Å². The molecule has 2 rings (SSSR count). The predicted octanol–water partition coefficient (Wildman–Crippen LogP) is 2.10. The van der Waals surface area contributed by atoms with E-state index in [9.17, 15) is 4.79 Å². The Kier molecular flexibility index (Phi) is 6.02. The van der Waals surface area contributed by atoms with Crippen LogP contribution in [0.25, 0.3) is 0 Å². The van der Waals surface area contributed by atoms with Gasteiger partial charge in [0.1, 0.15) is 0 Å². The van der Waals surface area contributed by atoms with E-state index in [1.54, 1.807) is 12.1 Å². The average molecular weight is 291 g/mol. The quantitative estimate of drug-likeness (QED) is 0.755. The molecule has 1 aliphatic heterocycles. The van der Waals surface area contributed by atoms with Gasteiger partial charge in [0, 0.05) is 37.5 Å². The van der Waals surface area contributed by atoms with Crippen LogP contribution in [0.2, 0.25) is 0 Å². The molecule has 0 bridgehead atoms. The van der Waals surface area contributed by atoms with E-state index in [4.69, 9.17) is 10.5 Å². The van der Waals surface area contributed by atoms with Gasteiger partial charge in [-0.1, -0.05) is 13.0 Å². The van der Waals surface area contributed by atoms with Crippen molar-refractivity contribution in [2.45, 2.75) is 32.3 Å². The number of nitrogen functional groups attached to an aromatic ring is 1. The van der Waals surface area contributed by atoms with Gasteiger partial charge in [0.25, 0.3) is 0 Å². The third kappa shape index (κ3) is 5.36. The molecule has 1 aromatic rings. The monoisotopic (exact) mass is 291 g/mol. The van der Waals surface area contributed by atoms with Gasteiger partial charge in [-0.25, -0.2) is 0 Å². The SMILES string of the molecule is CCN(CCC(=O)Nc1cccc(N)c1)CC1CCCO1. The molecular weight excluding hydrogens is 266 g/mol. The molecule has 1 fully saturated rings. The van der Waals surface area contributed by atoms with Crippen molar-refractivity contribution in [2.24, 2.45) is 0 Å². The van der Waals surface area contributed by atoms with Crippen molar-refractivity contribution in [3.05, 3.63) is 24.3 Å². The summed E-state index contributed by atoms with van der Waals surface area (Å²) in [4.78, 5) is 14.2. The van der Waals surface area contributed by atoms with Crippen molar-refractivity contribution >= 4 is 17.3 Å². The molecule has 1 unspecified atom stereocenters. The molecule has 1 aromatic carbocycles. The minimum absolute atomic E-state index is 0.0198. The Balaban J connectivity index is 1.73. The summed E-state index contributed by atoms with van der Waals surface area (Å²) >= 11 is 0. The zero-order valence-corrected chi connectivity index (χ0v) is 12.7. The molecular formula is C16H25N3O2. The van der Waals surface area contributed by atoms with Gasteiger partial charge in [-0.05, 0) is 37.6 Å². The topological polar surface area (TPSA) is 67.6 Å². The summed E-state index contributed by atoms with van der Waals surface area (Å²) in [6.45, 7) is 5.60. The number of carbonyl (C=O) groups is 1. The fraction of sp³-hybridized carbons (Fsp3) is 0.562. The minimum atomic E-state index is 0.0198. The lowest BCUT2D eigenvalue weighted by molar-refractivity contribution is -0.116. The van der Waals surface area contributed by atoms with Gasteiger partial charge in [-0.3, -0.25) is 4.79 Å². The second-order valence-corrected chi connectivity index (χ2v) is 5.45. The maximum Gasteiger partial charge on any atom is 0.225 e. The van der Waals surface area contributed by atoms with Crippen LogP contribution in [0, 0.1) is 0 Å². The molecule has 0 aliphatic carbocycles. The first-order valence-electron chi connectivity index (χ1n) is 7.66. The molecule has 1 aliphatic rings. The third-order valence-corrected chi connectivity index (χ3v) is 3.76. The summed E-state index contributed by atoms with van der Waals surface area (Å²) in [6.07, 6.45) is 3.10. The number of rotatable bonds is 7. The average Bonchev–Trinajstić information content (AvgIpc) is 2.96. The van der Waals surface area contributed by atoms with Gasteiger partial charge in [0.05, 0.1) is 6.10 Å². The predicted molar refractivity (Wildman–Crippen MR) is 85.2 cm³/mol. The number of amides is 1. The normalized spacial score (nSPS) is 18.1. The summed E-state index contributed by atoms with van der Waals surface area (Å²) in [5.41, 5.74) is 7.10. The first kappa shape index (κ1) is 15.8. The number of nitrogens with zero attached hydrogens (tertiary/aromatic N) is 1. The van der Waals surface area contributed by atoms with Crippen molar-refractivity contribution in [1.29, 1.82) is 0 Å². The summed E-state index contributed by atoms with van der Waals surface area (Å²) in [5.74, 6) is 0.0198. The van der Waals surface area contributed by atoms with Crippen molar-refractivity contribution < 1.29 is 9.53 Å². The lowest BCUT2D eigenvalue weighted by atomic mass is 10.2. The van der Waals surface area contributed by atoms with Gasteiger partial charge in [0.2, 0.25) is 5.91 Å². The number of hydrogen-bond acceptors (Lipinski definition) is 4. The lowest BCUT2D eigenvalue weighted by Gasteiger charge is -2.23. The molecule has 0 saturated carbocycles. The highest BCUT2D eigenvalue weighted by atomic mass is 16.5. The van der Waals surface area contributed by atoms with Crippen LogP contribution in [-0.2, 0) is 9.53 Å². The van der Waals surface area contributed by atoms with Crippen molar-refractivity contribution in [3.63, 3.8) is 0 Å². The first-order valence-corrected chi connectivity index (χ1v) is 7.66. The highest BCUT2D eigenvalue weighted by Crippen LogP contribution is 2.14. The Bertz CT molecular complexity index is 459. The number of benzene rings is 1. The van der Waals surface area contributed by atoms with Crippen LogP contribution in [0.1, 0.15) is 26.2 Å². The van der Waals surface area contributed by atoms with E-state index in [0.29, 0.717) is 18.2 Å². The van der Waals surface area contributed by atoms with E-state index in [1.165, 1.54) is 0 Å². The summed E-state index contributed by atoms with van der Waals surface area (Å²) in [7, 11) is 0. The van der Waals surface area contributed by atoms with Crippen molar-refractivity contribution in [3.8, 4) is 0 Å². The highest BCUT2D eigenvalue weighted by Gasteiger charge is 2.18. The fourth-order valence-electron chi connectivity index (χ4n) is 2.55. The van der Waals surface area contributed by atoms with Crippen LogP contribution in [-0.4, -0.2) is 43.2 Å². The highest BCUT2D eigenvalue weighted by molar-refractivity contribution is 5.91.